The van der Waals surface area contributed by atoms with Crippen LogP contribution in [0.5, 0.6) is 0 Å². The lowest BCUT2D eigenvalue weighted by molar-refractivity contribution is 0.0638. The van der Waals surface area contributed by atoms with Gasteiger partial charge >= 0.3 is 0 Å². The number of nitrogens with zero attached hydrogens (tertiary/aromatic N) is 7. The summed E-state index contributed by atoms with van der Waals surface area (Å²) < 4.78 is 19.9. The molecule has 1 aromatic carbocycles. The fourth-order valence-electron chi connectivity index (χ4n) is 4.75. The fraction of sp³-hybridized carbons (Fsp3) is 0.292. The molecular formula is C24H22FN7OS. The molecule has 1 amide bonds. The molecule has 34 heavy (non-hydrogen) atoms. The van der Waals surface area contributed by atoms with Crippen LogP contribution in [0.4, 0.5) is 10.2 Å². The second-order valence-corrected chi connectivity index (χ2v) is 9.34. The number of hydrogen-bond donors (Lipinski definition) is 0. The van der Waals surface area contributed by atoms with Crippen LogP contribution >= 0.6 is 11.5 Å². The van der Waals surface area contributed by atoms with Crippen LogP contribution < -0.4 is 4.90 Å². The van der Waals surface area contributed by atoms with Crippen LogP contribution in [0.2, 0.25) is 0 Å². The van der Waals surface area contributed by atoms with E-state index in [2.05, 4.69) is 29.9 Å². The average molecular weight is 476 g/mol. The summed E-state index contributed by atoms with van der Waals surface area (Å²) in [6, 6.07) is 9.49. The largest absolute Gasteiger partial charge is 0.344 e. The van der Waals surface area contributed by atoms with Crippen molar-refractivity contribution in [2.45, 2.75) is 39.5 Å². The van der Waals surface area contributed by atoms with Gasteiger partial charge in [0.05, 0.1) is 18.3 Å². The fourth-order valence-corrected chi connectivity index (χ4v) is 5.47. The molecule has 0 radical (unpaired) electrons. The van der Waals surface area contributed by atoms with Gasteiger partial charge in [-0.1, -0.05) is 6.07 Å². The molecule has 172 valence electrons. The third-order valence-corrected chi connectivity index (χ3v) is 7.27. The number of carbonyl (C=O) groups excluding carboxylic acids is 1. The molecule has 0 spiro atoms. The molecular weight excluding hydrogens is 453 g/mol. The molecule has 0 fully saturated rings. The number of fused-ring (bicyclic) bond motifs is 2. The number of benzene rings is 1. The number of halogens is 1. The van der Waals surface area contributed by atoms with E-state index in [1.165, 1.54) is 41.4 Å². The highest BCUT2D eigenvalue weighted by molar-refractivity contribution is 7.09. The molecule has 4 aromatic rings. The van der Waals surface area contributed by atoms with E-state index in [-0.39, 0.29) is 17.8 Å². The van der Waals surface area contributed by atoms with Gasteiger partial charge < -0.3 is 14.4 Å². The number of aryl methyl sites for hydroxylation is 1. The zero-order chi connectivity index (χ0) is 23.4. The van der Waals surface area contributed by atoms with Crippen molar-refractivity contribution in [3.63, 3.8) is 0 Å². The van der Waals surface area contributed by atoms with Crippen molar-refractivity contribution in [3.05, 3.63) is 76.9 Å². The third kappa shape index (κ3) is 3.37. The van der Waals surface area contributed by atoms with Gasteiger partial charge in [0.2, 0.25) is 0 Å². The van der Waals surface area contributed by atoms with E-state index in [9.17, 15) is 9.18 Å². The monoisotopic (exact) mass is 475 g/mol. The summed E-state index contributed by atoms with van der Waals surface area (Å²) in [5.41, 5.74) is 3.65. The van der Waals surface area contributed by atoms with Crippen molar-refractivity contribution in [1.82, 2.24) is 28.8 Å². The van der Waals surface area contributed by atoms with E-state index < -0.39 is 0 Å². The normalized spacial score (nSPS) is 17.1. The molecule has 6 rings (SSSR count). The van der Waals surface area contributed by atoms with Gasteiger partial charge in [-0.15, -0.1) is 0 Å². The minimum absolute atomic E-state index is 0.130. The molecule has 2 aliphatic heterocycles. The smallest absolute Gasteiger partial charge is 0.254 e. The van der Waals surface area contributed by atoms with Crippen molar-refractivity contribution < 1.29 is 9.18 Å². The Morgan fingerprint density at radius 1 is 1.12 bits per heavy atom. The maximum Gasteiger partial charge on any atom is 0.254 e. The first-order valence-corrected chi connectivity index (χ1v) is 11.9. The number of aromatic nitrogens is 5. The molecule has 0 N–H and O–H groups in total. The number of anilines is 1. The van der Waals surface area contributed by atoms with Crippen LogP contribution in [-0.2, 0) is 19.6 Å². The second-order valence-electron chi connectivity index (χ2n) is 8.59. The van der Waals surface area contributed by atoms with Gasteiger partial charge in [0, 0.05) is 31.4 Å². The minimum Gasteiger partial charge on any atom is -0.344 e. The number of amides is 1. The van der Waals surface area contributed by atoms with E-state index >= 15 is 0 Å². The van der Waals surface area contributed by atoms with Crippen molar-refractivity contribution in [1.29, 1.82) is 0 Å². The molecule has 3 aromatic heterocycles. The number of hydrogen-bond acceptors (Lipinski definition) is 7. The summed E-state index contributed by atoms with van der Waals surface area (Å²) >= 11 is 1.36. The van der Waals surface area contributed by atoms with Crippen LogP contribution in [0.3, 0.4) is 0 Å². The van der Waals surface area contributed by atoms with Crippen LogP contribution in [-0.4, -0.2) is 41.2 Å². The Balaban J connectivity index is 1.40. The lowest BCUT2D eigenvalue weighted by Crippen LogP contribution is -2.41. The minimum atomic E-state index is -0.360. The Morgan fingerprint density at radius 2 is 1.94 bits per heavy atom. The van der Waals surface area contributed by atoms with Gasteiger partial charge in [0.25, 0.3) is 5.91 Å². The molecule has 0 unspecified atom stereocenters. The molecule has 0 saturated heterocycles. The Bertz CT molecular complexity index is 1370. The van der Waals surface area contributed by atoms with Crippen LogP contribution in [0, 0.1) is 12.7 Å². The van der Waals surface area contributed by atoms with E-state index in [1.807, 2.05) is 26.1 Å². The van der Waals surface area contributed by atoms with E-state index in [1.54, 1.807) is 4.90 Å². The molecule has 0 saturated carbocycles. The predicted molar refractivity (Wildman–Crippen MR) is 126 cm³/mol. The first-order chi connectivity index (χ1) is 16.5. The molecule has 1 atom stereocenters. The number of carbonyl (C=O) groups is 1. The summed E-state index contributed by atoms with van der Waals surface area (Å²) in [6.07, 6.45) is 1.82. The van der Waals surface area contributed by atoms with Crippen molar-refractivity contribution >= 4 is 23.3 Å². The molecule has 0 bridgehead atoms. The number of pyridine rings is 1. The van der Waals surface area contributed by atoms with Crippen LogP contribution in [0.25, 0.3) is 10.7 Å². The Labute approximate surface area is 199 Å². The van der Waals surface area contributed by atoms with Gasteiger partial charge in [-0.25, -0.2) is 14.4 Å². The van der Waals surface area contributed by atoms with E-state index in [0.717, 1.165) is 40.4 Å². The SMILES string of the molecule is Cc1nsc(-c2c(N3Cc4cccnc4C3)nc3n2CCN(C(=O)c2ccc(F)cc2)[C@@H]3C)n1. The van der Waals surface area contributed by atoms with Crippen molar-refractivity contribution in [3.8, 4) is 10.7 Å². The van der Waals surface area contributed by atoms with Crippen LogP contribution in [0.1, 0.15) is 46.2 Å². The molecule has 0 aliphatic carbocycles. The first-order valence-electron chi connectivity index (χ1n) is 11.1. The first kappa shape index (κ1) is 20.9. The second kappa shape index (κ2) is 7.98. The number of rotatable bonds is 3. The molecule has 8 nitrogen and oxygen atoms in total. The van der Waals surface area contributed by atoms with Gasteiger partial charge in [-0.05, 0) is 61.3 Å². The standard InChI is InChI=1S/C24H22FN7OS/c1-14-21-28-22(30-12-17-4-3-9-26-19(17)13-30)20(23-27-15(2)29-34-23)32(21)11-10-31(14)24(33)16-5-7-18(25)8-6-16/h3-9,14H,10-13H2,1-2H3/t14-/m1/s1. The maximum absolute atomic E-state index is 13.4. The number of imidazole rings is 1. The Kier molecular flexibility index (Phi) is 4.91. The Hall–Kier alpha value is -3.66. The van der Waals surface area contributed by atoms with Gasteiger partial charge in [0.1, 0.15) is 23.2 Å². The summed E-state index contributed by atoms with van der Waals surface area (Å²) in [6.45, 7) is 6.37. The van der Waals surface area contributed by atoms with E-state index in [0.29, 0.717) is 25.2 Å². The van der Waals surface area contributed by atoms with Crippen LogP contribution in [0.15, 0.2) is 42.6 Å². The summed E-state index contributed by atoms with van der Waals surface area (Å²) in [4.78, 5) is 31.5. The van der Waals surface area contributed by atoms with Gasteiger partial charge in [-0.3, -0.25) is 9.78 Å². The topological polar surface area (TPSA) is 80.0 Å². The summed E-state index contributed by atoms with van der Waals surface area (Å²) in [7, 11) is 0. The quantitative estimate of drug-likeness (QED) is 0.446. The highest BCUT2D eigenvalue weighted by atomic mass is 32.1. The lowest BCUT2D eigenvalue weighted by Gasteiger charge is -2.34. The summed E-state index contributed by atoms with van der Waals surface area (Å²) in [5, 5.41) is 0.820. The lowest BCUT2D eigenvalue weighted by atomic mass is 10.1. The molecule has 5 heterocycles. The summed E-state index contributed by atoms with van der Waals surface area (Å²) in [5.74, 6) is 1.89. The Morgan fingerprint density at radius 3 is 2.68 bits per heavy atom. The van der Waals surface area contributed by atoms with Gasteiger partial charge in [-0.2, -0.15) is 4.37 Å². The zero-order valence-electron chi connectivity index (χ0n) is 18.8. The highest BCUT2D eigenvalue weighted by Crippen LogP contribution is 2.40. The van der Waals surface area contributed by atoms with E-state index in [4.69, 9.17) is 4.98 Å². The molecule has 10 heteroatoms. The van der Waals surface area contributed by atoms with Gasteiger partial charge in [0.15, 0.2) is 10.8 Å². The maximum atomic E-state index is 13.4. The highest BCUT2D eigenvalue weighted by Gasteiger charge is 2.36. The van der Waals surface area contributed by atoms with Crippen molar-refractivity contribution in [2.24, 2.45) is 0 Å². The molecule has 2 aliphatic rings. The predicted octanol–water partition coefficient (Wildman–Crippen LogP) is 3.98. The zero-order valence-corrected chi connectivity index (χ0v) is 19.6. The third-order valence-electron chi connectivity index (χ3n) is 6.45. The average Bonchev–Trinajstić information content (AvgIpc) is 3.55. The van der Waals surface area contributed by atoms with Crippen molar-refractivity contribution in [2.75, 3.05) is 11.4 Å².